The van der Waals surface area contributed by atoms with Crippen LogP contribution in [0.4, 0.5) is 17.1 Å². The van der Waals surface area contributed by atoms with E-state index in [2.05, 4.69) is 10.0 Å². The van der Waals surface area contributed by atoms with Crippen molar-refractivity contribution in [2.75, 3.05) is 10.0 Å². The van der Waals surface area contributed by atoms with Gasteiger partial charge in [-0.25, -0.2) is 8.42 Å². The van der Waals surface area contributed by atoms with E-state index < -0.39 is 14.9 Å². The fourth-order valence-corrected chi connectivity index (χ4v) is 4.00. The van der Waals surface area contributed by atoms with Gasteiger partial charge in [-0.05, 0) is 49.9 Å². The number of nitrogens with one attached hydrogen (secondary N) is 2. The van der Waals surface area contributed by atoms with Gasteiger partial charge in [0.1, 0.15) is 5.69 Å². The van der Waals surface area contributed by atoms with Gasteiger partial charge in [0.05, 0.1) is 20.5 Å². The normalized spacial score (nSPS) is 15.3. The van der Waals surface area contributed by atoms with E-state index in [1.54, 1.807) is 18.2 Å². The van der Waals surface area contributed by atoms with E-state index in [-0.39, 0.29) is 27.3 Å². The topological polar surface area (TPSA) is 101 Å². The molecule has 0 saturated heterocycles. The molecule has 138 valence electrons. The largest absolute Gasteiger partial charge is 0.377 e. The lowest BCUT2D eigenvalue weighted by Crippen LogP contribution is -2.19. The smallest absolute Gasteiger partial charge is 0.293 e. The number of benzene rings is 2. The maximum Gasteiger partial charge on any atom is 0.293 e. The third-order valence-electron chi connectivity index (χ3n) is 4.31. The molecule has 0 heterocycles. The zero-order valence-corrected chi connectivity index (χ0v) is 15.5. The van der Waals surface area contributed by atoms with Crippen LogP contribution in [-0.2, 0) is 10.0 Å². The second-order valence-electron chi connectivity index (χ2n) is 6.29. The molecule has 0 amide bonds. The molecule has 0 spiro atoms. The molecule has 1 fully saturated rings. The van der Waals surface area contributed by atoms with E-state index in [4.69, 9.17) is 11.6 Å². The van der Waals surface area contributed by atoms with Crippen molar-refractivity contribution in [1.29, 1.82) is 0 Å². The van der Waals surface area contributed by atoms with Crippen molar-refractivity contribution in [3.05, 3.63) is 57.6 Å². The Morgan fingerprint density at radius 2 is 1.88 bits per heavy atom. The Hall–Kier alpha value is -2.32. The van der Waals surface area contributed by atoms with E-state index in [1.165, 1.54) is 18.2 Å². The second kappa shape index (κ2) is 7.13. The van der Waals surface area contributed by atoms with Gasteiger partial charge in [-0.1, -0.05) is 23.7 Å². The minimum atomic E-state index is -4.01. The van der Waals surface area contributed by atoms with Crippen LogP contribution in [0.2, 0.25) is 5.02 Å². The summed E-state index contributed by atoms with van der Waals surface area (Å²) in [5.41, 5.74) is 0.243. The van der Waals surface area contributed by atoms with Crippen LogP contribution in [0.5, 0.6) is 0 Å². The highest BCUT2D eigenvalue weighted by molar-refractivity contribution is 7.92. The van der Waals surface area contributed by atoms with E-state index in [0.29, 0.717) is 11.6 Å². The SMILES string of the molecule is C[C@@H](Nc1ccc(S(=O)(=O)Nc2ccccc2Cl)cc1[N+](=O)[O-])C1CC1. The van der Waals surface area contributed by atoms with Crippen molar-refractivity contribution < 1.29 is 13.3 Å². The Morgan fingerprint density at radius 3 is 2.50 bits per heavy atom. The number of halogens is 1. The Labute approximate surface area is 156 Å². The summed E-state index contributed by atoms with van der Waals surface area (Å²) in [4.78, 5) is 10.6. The fraction of sp³-hybridized carbons (Fsp3) is 0.294. The number of nitrogens with zero attached hydrogens (tertiary/aromatic N) is 1. The van der Waals surface area contributed by atoms with E-state index in [9.17, 15) is 18.5 Å². The first-order valence-corrected chi connectivity index (χ1v) is 9.96. The standard InChI is InChI=1S/C17H18ClN3O4S/c1-11(12-6-7-12)19-16-9-8-13(10-17(16)21(22)23)26(24,25)20-15-5-3-2-4-14(15)18/h2-5,8-12,19-20H,6-7H2,1H3/t11-/m1/s1. The molecule has 0 radical (unpaired) electrons. The zero-order chi connectivity index (χ0) is 18.9. The molecule has 1 atom stereocenters. The summed E-state index contributed by atoms with van der Waals surface area (Å²) in [6.07, 6.45) is 2.19. The predicted octanol–water partition coefficient (Wildman–Crippen LogP) is 4.26. The molecule has 0 aromatic heterocycles. The van der Waals surface area contributed by atoms with Gasteiger partial charge in [-0.15, -0.1) is 0 Å². The molecule has 2 aromatic rings. The number of rotatable bonds is 7. The van der Waals surface area contributed by atoms with Gasteiger partial charge in [-0.2, -0.15) is 0 Å². The maximum atomic E-state index is 12.6. The van der Waals surface area contributed by atoms with Crippen LogP contribution in [-0.4, -0.2) is 19.4 Å². The number of nitro benzene ring substituents is 1. The Kier molecular flexibility index (Phi) is 5.06. The summed E-state index contributed by atoms with van der Waals surface area (Å²) >= 11 is 5.97. The molecule has 0 bridgehead atoms. The Bertz CT molecular complexity index is 945. The Balaban J connectivity index is 1.90. The van der Waals surface area contributed by atoms with Crippen LogP contribution in [0.15, 0.2) is 47.4 Å². The molecule has 3 rings (SSSR count). The quantitative estimate of drug-likeness (QED) is 0.538. The summed E-state index contributed by atoms with van der Waals surface area (Å²) in [6.45, 7) is 1.96. The highest BCUT2D eigenvalue weighted by Crippen LogP contribution is 2.36. The summed E-state index contributed by atoms with van der Waals surface area (Å²) in [5.74, 6) is 0.500. The molecule has 1 aliphatic rings. The lowest BCUT2D eigenvalue weighted by Gasteiger charge is -2.15. The molecule has 9 heteroatoms. The Morgan fingerprint density at radius 1 is 1.19 bits per heavy atom. The van der Waals surface area contributed by atoms with Crippen LogP contribution >= 0.6 is 11.6 Å². The monoisotopic (exact) mass is 395 g/mol. The van der Waals surface area contributed by atoms with Gasteiger partial charge in [0, 0.05) is 12.1 Å². The number of nitro groups is 1. The van der Waals surface area contributed by atoms with Gasteiger partial charge in [0.25, 0.3) is 15.7 Å². The van der Waals surface area contributed by atoms with Crippen molar-refractivity contribution in [3.8, 4) is 0 Å². The predicted molar refractivity (Wildman–Crippen MR) is 101 cm³/mol. The van der Waals surface area contributed by atoms with Crippen molar-refractivity contribution in [1.82, 2.24) is 0 Å². The summed E-state index contributed by atoms with van der Waals surface area (Å²) < 4.78 is 27.5. The third-order valence-corrected chi connectivity index (χ3v) is 6.00. The zero-order valence-electron chi connectivity index (χ0n) is 14.0. The van der Waals surface area contributed by atoms with E-state index in [1.807, 2.05) is 6.92 Å². The minimum Gasteiger partial charge on any atom is -0.377 e. The molecule has 2 aromatic carbocycles. The van der Waals surface area contributed by atoms with Crippen LogP contribution < -0.4 is 10.0 Å². The highest BCUT2D eigenvalue weighted by atomic mass is 35.5. The first-order chi connectivity index (χ1) is 12.3. The van der Waals surface area contributed by atoms with Gasteiger partial charge in [0.15, 0.2) is 0 Å². The third kappa shape index (κ3) is 4.08. The fourth-order valence-electron chi connectivity index (χ4n) is 2.66. The lowest BCUT2D eigenvalue weighted by molar-refractivity contribution is -0.384. The van der Waals surface area contributed by atoms with Crippen LogP contribution in [0.25, 0.3) is 0 Å². The summed E-state index contributed by atoms with van der Waals surface area (Å²) in [5, 5.41) is 14.8. The number of hydrogen-bond donors (Lipinski definition) is 2. The van der Waals surface area contributed by atoms with Crippen molar-refractivity contribution >= 4 is 38.7 Å². The molecular formula is C17H18ClN3O4S. The molecule has 2 N–H and O–H groups in total. The van der Waals surface area contributed by atoms with Crippen LogP contribution in [0.3, 0.4) is 0 Å². The maximum absolute atomic E-state index is 12.6. The first-order valence-electron chi connectivity index (χ1n) is 8.10. The number of para-hydroxylation sites is 1. The molecule has 1 saturated carbocycles. The average molecular weight is 396 g/mol. The van der Waals surface area contributed by atoms with Gasteiger partial charge >= 0.3 is 0 Å². The van der Waals surface area contributed by atoms with Crippen molar-refractivity contribution in [3.63, 3.8) is 0 Å². The first kappa shape index (κ1) is 18.5. The second-order valence-corrected chi connectivity index (χ2v) is 8.38. The molecule has 1 aliphatic carbocycles. The number of hydrogen-bond acceptors (Lipinski definition) is 5. The van der Waals surface area contributed by atoms with Gasteiger partial charge in [0.2, 0.25) is 0 Å². The van der Waals surface area contributed by atoms with Crippen LogP contribution in [0, 0.1) is 16.0 Å². The minimum absolute atomic E-state index is 0.0948. The lowest BCUT2D eigenvalue weighted by atomic mass is 10.2. The number of anilines is 2. The molecule has 7 nitrogen and oxygen atoms in total. The van der Waals surface area contributed by atoms with Crippen LogP contribution in [0.1, 0.15) is 19.8 Å². The summed E-state index contributed by atoms with van der Waals surface area (Å²) in [7, 11) is -4.01. The van der Waals surface area contributed by atoms with Crippen molar-refractivity contribution in [2.24, 2.45) is 5.92 Å². The van der Waals surface area contributed by atoms with Crippen molar-refractivity contribution in [2.45, 2.75) is 30.7 Å². The van der Waals surface area contributed by atoms with E-state index >= 15 is 0 Å². The molecule has 0 aliphatic heterocycles. The summed E-state index contributed by atoms with van der Waals surface area (Å²) in [6, 6.07) is 10.3. The molecule has 26 heavy (non-hydrogen) atoms. The number of sulfonamides is 1. The molecular weight excluding hydrogens is 378 g/mol. The van der Waals surface area contributed by atoms with Gasteiger partial charge in [-0.3, -0.25) is 14.8 Å². The van der Waals surface area contributed by atoms with Gasteiger partial charge < -0.3 is 5.32 Å². The van der Waals surface area contributed by atoms with E-state index in [0.717, 1.165) is 18.9 Å². The molecule has 0 unspecified atom stereocenters. The average Bonchev–Trinajstić information content (AvgIpc) is 3.42. The highest BCUT2D eigenvalue weighted by Gasteiger charge is 2.30.